The molecule has 0 heterocycles. The monoisotopic (exact) mass is 279 g/mol. The van der Waals surface area contributed by atoms with Gasteiger partial charge in [-0.2, -0.15) is 0 Å². The van der Waals surface area contributed by atoms with Crippen molar-refractivity contribution in [2.75, 3.05) is 0 Å². The molecule has 0 spiro atoms. The molecule has 5 heteroatoms. The Morgan fingerprint density at radius 3 is 2.05 bits per heavy atom. The van der Waals surface area contributed by atoms with E-state index >= 15 is 0 Å². The van der Waals surface area contributed by atoms with Gasteiger partial charge in [0.05, 0.1) is 0 Å². The van der Waals surface area contributed by atoms with E-state index in [0.717, 1.165) is 5.56 Å². The van der Waals surface area contributed by atoms with Crippen LogP contribution in [0.5, 0.6) is 0 Å². The van der Waals surface area contributed by atoms with Crippen LogP contribution in [0, 0.1) is 6.92 Å². The molecule has 20 heavy (non-hydrogen) atoms. The minimum Gasteiger partial charge on any atom is -0.480 e. The fraction of sp³-hybridized carbons (Fsp3) is 0.400. The Kier molecular flexibility index (Phi) is 7.89. The lowest BCUT2D eigenvalue weighted by atomic mass is 10.1. The highest BCUT2D eigenvalue weighted by Crippen LogP contribution is 2.04. The number of Topliss-reactive ketones (excluding diaryl/α,β-unsaturated/α-hetero) is 1. The van der Waals surface area contributed by atoms with Gasteiger partial charge in [0, 0.05) is 12.0 Å². The molecule has 0 radical (unpaired) electrons. The number of aliphatic carboxylic acids is 1. The Hall–Kier alpha value is -2.17. The Balaban J connectivity index is 0.00000172. The third-order valence-corrected chi connectivity index (χ3v) is 2.41. The van der Waals surface area contributed by atoms with Crippen molar-refractivity contribution < 1.29 is 19.5 Å². The van der Waals surface area contributed by atoms with E-state index in [1.165, 1.54) is 6.92 Å². The van der Waals surface area contributed by atoms with Crippen molar-refractivity contribution in [3.8, 4) is 0 Å². The number of carboxylic acids is 1. The molecule has 0 saturated carbocycles. The molecule has 1 amide bonds. The fourth-order valence-electron chi connectivity index (χ4n) is 1.43. The normalized spacial score (nSPS) is 10.8. The highest BCUT2D eigenvalue weighted by atomic mass is 16.4. The minimum atomic E-state index is -1.22. The second kappa shape index (κ2) is 8.85. The van der Waals surface area contributed by atoms with Crippen LogP contribution >= 0.6 is 0 Å². The van der Waals surface area contributed by atoms with Crippen LogP contribution in [0.3, 0.4) is 0 Å². The summed E-state index contributed by atoms with van der Waals surface area (Å²) in [5.41, 5.74) is 1.38. The summed E-state index contributed by atoms with van der Waals surface area (Å²) in [6.45, 7) is 7.17. The van der Waals surface area contributed by atoms with Gasteiger partial charge in [-0.15, -0.1) is 0 Å². The minimum absolute atomic E-state index is 0.215. The van der Waals surface area contributed by atoms with E-state index in [-0.39, 0.29) is 12.2 Å². The van der Waals surface area contributed by atoms with E-state index in [0.29, 0.717) is 5.56 Å². The molecule has 1 unspecified atom stereocenters. The molecular formula is C15H21NO4. The molecule has 2 N–H and O–H groups in total. The van der Waals surface area contributed by atoms with Crippen LogP contribution in [0.4, 0.5) is 0 Å². The molecule has 110 valence electrons. The number of amides is 1. The molecule has 5 nitrogen and oxygen atoms in total. The predicted molar refractivity (Wildman–Crippen MR) is 76.7 cm³/mol. The summed E-state index contributed by atoms with van der Waals surface area (Å²) in [7, 11) is 0. The highest BCUT2D eigenvalue weighted by Gasteiger charge is 2.22. The van der Waals surface area contributed by atoms with E-state index in [1.807, 2.05) is 20.8 Å². The lowest BCUT2D eigenvalue weighted by Crippen LogP contribution is -2.41. The van der Waals surface area contributed by atoms with Gasteiger partial charge in [-0.1, -0.05) is 31.5 Å². The smallest absolute Gasteiger partial charge is 0.326 e. The molecule has 0 aromatic heterocycles. The van der Waals surface area contributed by atoms with Crippen LogP contribution in [0.15, 0.2) is 24.3 Å². The van der Waals surface area contributed by atoms with E-state index in [2.05, 4.69) is 5.32 Å². The maximum atomic E-state index is 11.8. The van der Waals surface area contributed by atoms with Gasteiger partial charge in [-0.05, 0) is 26.0 Å². The predicted octanol–water partition coefficient (Wildman–Crippen LogP) is 2.18. The van der Waals surface area contributed by atoms with Crippen molar-refractivity contribution >= 4 is 17.7 Å². The number of benzene rings is 1. The number of hydrogen-bond acceptors (Lipinski definition) is 3. The van der Waals surface area contributed by atoms with Crippen LogP contribution in [0.1, 0.15) is 43.1 Å². The van der Waals surface area contributed by atoms with Crippen molar-refractivity contribution in [3.63, 3.8) is 0 Å². The average Bonchev–Trinajstić information content (AvgIpc) is 2.40. The Morgan fingerprint density at radius 1 is 1.15 bits per heavy atom. The summed E-state index contributed by atoms with van der Waals surface area (Å²) in [4.78, 5) is 33.6. The van der Waals surface area contributed by atoms with Gasteiger partial charge in [0.1, 0.15) is 11.8 Å². The van der Waals surface area contributed by atoms with Crippen molar-refractivity contribution in [1.29, 1.82) is 0 Å². The average molecular weight is 279 g/mol. The zero-order valence-corrected chi connectivity index (χ0v) is 12.3. The standard InChI is InChI=1S/C13H15NO4.C2H6/c1-8-3-5-10(6-4-8)12(16)14-11(13(17)18)7-9(2)15;1-2/h3-6,11H,7H2,1-2H3,(H,14,16)(H,17,18);1-2H3. The van der Waals surface area contributed by atoms with E-state index in [9.17, 15) is 14.4 Å². The Bertz CT molecular complexity index is 465. The zero-order valence-electron chi connectivity index (χ0n) is 12.3. The fourth-order valence-corrected chi connectivity index (χ4v) is 1.43. The number of carbonyl (C=O) groups excluding carboxylic acids is 2. The number of nitrogens with one attached hydrogen (secondary N) is 1. The highest BCUT2D eigenvalue weighted by molar-refractivity contribution is 5.97. The van der Waals surface area contributed by atoms with Crippen LogP contribution < -0.4 is 5.32 Å². The first-order valence-corrected chi connectivity index (χ1v) is 6.50. The van der Waals surface area contributed by atoms with E-state index in [4.69, 9.17) is 5.11 Å². The van der Waals surface area contributed by atoms with Crippen LogP contribution in [-0.4, -0.2) is 28.8 Å². The molecule has 0 aliphatic rings. The van der Waals surface area contributed by atoms with Crippen LogP contribution in [-0.2, 0) is 9.59 Å². The Labute approximate surface area is 119 Å². The number of aryl methyl sites for hydroxylation is 1. The molecule has 0 aliphatic carbocycles. The van der Waals surface area contributed by atoms with Gasteiger partial charge < -0.3 is 10.4 Å². The summed E-state index contributed by atoms with van der Waals surface area (Å²) in [6.07, 6.45) is -0.215. The van der Waals surface area contributed by atoms with Gasteiger partial charge >= 0.3 is 5.97 Å². The van der Waals surface area contributed by atoms with Gasteiger partial charge in [0.2, 0.25) is 0 Å². The lowest BCUT2D eigenvalue weighted by molar-refractivity contribution is -0.140. The first-order valence-electron chi connectivity index (χ1n) is 6.50. The molecule has 0 bridgehead atoms. The van der Waals surface area contributed by atoms with Crippen molar-refractivity contribution in [2.24, 2.45) is 0 Å². The molecule has 1 aromatic carbocycles. The summed E-state index contributed by atoms with van der Waals surface area (Å²) in [6, 6.07) is 5.55. The number of rotatable bonds is 5. The molecule has 1 rings (SSSR count). The third-order valence-electron chi connectivity index (χ3n) is 2.41. The number of ketones is 1. The maximum Gasteiger partial charge on any atom is 0.326 e. The Morgan fingerprint density at radius 2 is 1.65 bits per heavy atom. The molecule has 0 fully saturated rings. The molecule has 0 saturated heterocycles. The lowest BCUT2D eigenvalue weighted by Gasteiger charge is -2.13. The second-order valence-electron chi connectivity index (χ2n) is 4.14. The number of hydrogen-bond donors (Lipinski definition) is 2. The van der Waals surface area contributed by atoms with Gasteiger partial charge in [0.15, 0.2) is 0 Å². The van der Waals surface area contributed by atoms with Crippen molar-refractivity contribution in [2.45, 2.75) is 40.2 Å². The van der Waals surface area contributed by atoms with Crippen molar-refractivity contribution in [3.05, 3.63) is 35.4 Å². The SMILES string of the molecule is CC.CC(=O)CC(NC(=O)c1ccc(C)cc1)C(=O)O. The van der Waals surface area contributed by atoms with Gasteiger partial charge in [-0.3, -0.25) is 9.59 Å². The molecule has 1 aromatic rings. The molecule has 1 atom stereocenters. The van der Waals surface area contributed by atoms with Crippen LogP contribution in [0.25, 0.3) is 0 Å². The molecular weight excluding hydrogens is 258 g/mol. The van der Waals surface area contributed by atoms with E-state index < -0.39 is 17.9 Å². The quantitative estimate of drug-likeness (QED) is 0.865. The van der Waals surface area contributed by atoms with Crippen LogP contribution in [0.2, 0.25) is 0 Å². The summed E-state index contributed by atoms with van der Waals surface area (Å²) in [5.74, 6) is -2.00. The summed E-state index contributed by atoms with van der Waals surface area (Å²) < 4.78 is 0. The second-order valence-corrected chi connectivity index (χ2v) is 4.14. The summed E-state index contributed by atoms with van der Waals surface area (Å²) in [5, 5.41) is 11.2. The van der Waals surface area contributed by atoms with Gasteiger partial charge in [0.25, 0.3) is 5.91 Å². The molecule has 0 aliphatic heterocycles. The zero-order chi connectivity index (χ0) is 15.7. The van der Waals surface area contributed by atoms with Gasteiger partial charge in [-0.25, -0.2) is 4.79 Å². The van der Waals surface area contributed by atoms with E-state index in [1.54, 1.807) is 24.3 Å². The number of carboxylic acid groups (broad SMARTS) is 1. The van der Waals surface area contributed by atoms with Crippen molar-refractivity contribution in [1.82, 2.24) is 5.32 Å². The largest absolute Gasteiger partial charge is 0.480 e. The number of carbonyl (C=O) groups is 3. The maximum absolute atomic E-state index is 11.8. The summed E-state index contributed by atoms with van der Waals surface area (Å²) >= 11 is 0. The topological polar surface area (TPSA) is 83.5 Å². The first kappa shape index (κ1) is 17.8. The first-order chi connectivity index (χ1) is 9.40. The third kappa shape index (κ3) is 6.13.